The van der Waals surface area contributed by atoms with Gasteiger partial charge in [0.25, 0.3) is 0 Å². The van der Waals surface area contributed by atoms with Gasteiger partial charge in [-0.2, -0.15) is 0 Å². The molecule has 6 nitrogen and oxygen atoms in total. The summed E-state index contributed by atoms with van der Waals surface area (Å²) in [4.78, 5) is 25.0. The molecule has 0 bridgehead atoms. The van der Waals surface area contributed by atoms with Crippen molar-refractivity contribution in [2.75, 3.05) is 0 Å². The van der Waals surface area contributed by atoms with Crippen LogP contribution < -0.4 is 0 Å². The van der Waals surface area contributed by atoms with Gasteiger partial charge in [0.1, 0.15) is 6.04 Å². The normalized spacial score (nSPS) is 12.3. The molecular formula is C9H12N2O4. The van der Waals surface area contributed by atoms with E-state index in [2.05, 4.69) is 4.98 Å². The fourth-order valence-electron chi connectivity index (χ4n) is 1.29. The van der Waals surface area contributed by atoms with Gasteiger partial charge in [0.15, 0.2) is 5.69 Å². The van der Waals surface area contributed by atoms with Crippen molar-refractivity contribution < 1.29 is 19.8 Å². The minimum absolute atomic E-state index is 0.141. The Morgan fingerprint density at radius 1 is 1.53 bits per heavy atom. The van der Waals surface area contributed by atoms with Crippen molar-refractivity contribution in [3.63, 3.8) is 0 Å². The monoisotopic (exact) mass is 212 g/mol. The highest BCUT2D eigenvalue weighted by Crippen LogP contribution is 2.14. The van der Waals surface area contributed by atoms with Crippen molar-refractivity contribution in [3.8, 4) is 0 Å². The molecule has 0 radical (unpaired) electrons. The van der Waals surface area contributed by atoms with E-state index in [1.54, 1.807) is 0 Å². The maximum atomic E-state index is 10.9. The van der Waals surface area contributed by atoms with E-state index < -0.39 is 18.0 Å². The van der Waals surface area contributed by atoms with Crippen LogP contribution >= 0.6 is 0 Å². The van der Waals surface area contributed by atoms with Crippen molar-refractivity contribution in [1.82, 2.24) is 9.55 Å². The Labute approximate surface area is 86.2 Å². The third-order valence-corrected chi connectivity index (χ3v) is 2.03. The van der Waals surface area contributed by atoms with Gasteiger partial charge >= 0.3 is 11.9 Å². The molecule has 82 valence electrons. The van der Waals surface area contributed by atoms with Crippen molar-refractivity contribution in [2.24, 2.45) is 0 Å². The molecule has 1 heterocycles. The number of nitrogens with zero attached hydrogens (tertiary/aromatic N) is 2. The molecule has 0 aliphatic carbocycles. The molecule has 0 aliphatic heterocycles. The molecule has 0 aromatic carbocycles. The summed E-state index contributed by atoms with van der Waals surface area (Å²) >= 11 is 0. The lowest BCUT2D eigenvalue weighted by atomic mass is 10.2. The van der Waals surface area contributed by atoms with Gasteiger partial charge in [0, 0.05) is 6.20 Å². The zero-order valence-electron chi connectivity index (χ0n) is 8.25. The number of aromatic nitrogens is 2. The molecule has 1 unspecified atom stereocenters. The molecule has 0 fully saturated rings. The van der Waals surface area contributed by atoms with Crippen molar-refractivity contribution in [1.29, 1.82) is 0 Å². The summed E-state index contributed by atoms with van der Waals surface area (Å²) in [7, 11) is 0. The van der Waals surface area contributed by atoms with Gasteiger partial charge in [-0.25, -0.2) is 14.6 Å². The van der Waals surface area contributed by atoms with Crippen LogP contribution in [0.25, 0.3) is 0 Å². The SMILES string of the molecule is CCCC(C(=O)O)n1cnc(C(=O)O)c1. The van der Waals surface area contributed by atoms with E-state index in [1.165, 1.54) is 17.1 Å². The number of carboxylic acid groups (broad SMARTS) is 2. The first-order chi connectivity index (χ1) is 7.06. The van der Waals surface area contributed by atoms with Crippen LogP contribution in [-0.4, -0.2) is 31.7 Å². The molecular weight excluding hydrogens is 200 g/mol. The number of aliphatic carboxylic acids is 1. The van der Waals surface area contributed by atoms with Crippen LogP contribution in [0.5, 0.6) is 0 Å². The number of aromatic carboxylic acids is 1. The van der Waals surface area contributed by atoms with Crippen LogP contribution in [-0.2, 0) is 4.79 Å². The second-order valence-corrected chi connectivity index (χ2v) is 3.15. The standard InChI is InChI=1S/C9H12N2O4/c1-2-3-7(9(14)15)11-4-6(8(12)13)10-5-11/h4-5,7H,2-3H2,1H3,(H,12,13)(H,14,15). The molecule has 1 rings (SSSR count). The molecule has 0 saturated carbocycles. The molecule has 0 spiro atoms. The van der Waals surface area contributed by atoms with Crippen LogP contribution in [0.2, 0.25) is 0 Å². The fraction of sp³-hybridized carbons (Fsp3) is 0.444. The summed E-state index contributed by atoms with van der Waals surface area (Å²) in [5.41, 5.74) is -0.141. The minimum Gasteiger partial charge on any atom is -0.480 e. The molecule has 0 saturated heterocycles. The molecule has 1 aromatic heterocycles. The summed E-state index contributed by atoms with van der Waals surface area (Å²) in [6.45, 7) is 1.87. The highest BCUT2D eigenvalue weighted by Gasteiger charge is 2.19. The Bertz CT molecular complexity index is 372. The van der Waals surface area contributed by atoms with Gasteiger partial charge in [-0.15, -0.1) is 0 Å². The van der Waals surface area contributed by atoms with E-state index in [9.17, 15) is 9.59 Å². The van der Waals surface area contributed by atoms with E-state index in [1.807, 2.05) is 6.92 Å². The van der Waals surface area contributed by atoms with E-state index in [0.29, 0.717) is 12.8 Å². The highest BCUT2D eigenvalue weighted by molar-refractivity contribution is 5.85. The number of hydrogen-bond acceptors (Lipinski definition) is 3. The Morgan fingerprint density at radius 2 is 2.20 bits per heavy atom. The minimum atomic E-state index is -1.16. The summed E-state index contributed by atoms with van der Waals surface area (Å²) in [6, 6.07) is -0.740. The number of carbonyl (C=O) groups is 2. The third-order valence-electron chi connectivity index (χ3n) is 2.03. The smallest absolute Gasteiger partial charge is 0.356 e. The zero-order chi connectivity index (χ0) is 11.4. The Hall–Kier alpha value is -1.85. The van der Waals surface area contributed by atoms with E-state index in [0.717, 1.165) is 0 Å². The Morgan fingerprint density at radius 3 is 2.60 bits per heavy atom. The Balaban J connectivity index is 2.91. The second kappa shape index (κ2) is 4.59. The average molecular weight is 212 g/mol. The lowest BCUT2D eigenvalue weighted by Crippen LogP contribution is -2.17. The maximum absolute atomic E-state index is 10.9. The number of rotatable bonds is 5. The van der Waals surface area contributed by atoms with Crippen LogP contribution in [0, 0.1) is 0 Å². The zero-order valence-corrected chi connectivity index (χ0v) is 8.25. The molecule has 2 N–H and O–H groups in total. The van der Waals surface area contributed by atoms with Gasteiger partial charge in [-0.1, -0.05) is 13.3 Å². The summed E-state index contributed by atoms with van der Waals surface area (Å²) < 4.78 is 1.31. The summed E-state index contributed by atoms with van der Waals surface area (Å²) in [5.74, 6) is -2.14. The van der Waals surface area contributed by atoms with E-state index >= 15 is 0 Å². The van der Waals surface area contributed by atoms with Crippen LogP contribution in [0.3, 0.4) is 0 Å². The molecule has 1 atom stereocenters. The molecule has 0 amide bonds. The van der Waals surface area contributed by atoms with Crippen LogP contribution in [0.1, 0.15) is 36.3 Å². The first-order valence-corrected chi connectivity index (χ1v) is 4.55. The molecule has 6 heteroatoms. The van der Waals surface area contributed by atoms with Crippen molar-refractivity contribution in [2.45, 2.75) is 25.8 Å². The third kappa shape index (κ3) is 2.55. The van der Waals surface area contributed by atoms with Crippen molar-refractivity contribution in [3.05, 3.63) is 18.2 Å². The predicted octanol–water partition coefficient (Wildman–Crippen LogP) is 1.01. The van der Waals surface area contributed by atoms with Gasteiger partial charge < -0.3 is 14.8 Å². The van der Waals surface area contributed by atoms with E-state index in [-0.39, 0.29) is 5.69 Å². The van der Waals surface area contributed by atoms with Gasteiger partial charge in [-0.05, 0) is 6.42 Å². The van der Waals surface area contributed by atoms with Crippen molar-refractivity contribution >= 4 is 11.9 Å². The number of carboxylic acids is 2. The summed E-state index contributed by atoms with van der Waals surface area (Å²) in [6.07, 6.45) is 3.62. The first-order valence-electron chi connectivity index (χ1n) is 4.55. The predicted molar refractivity (Wildman–Crippen MR) is 50.8 cm³/mol. The first kappa shape index (κ1) is 11.2. The average Bonchev–Trinajstić information content (AvgIpc) is 2.62. The topological polar surface area (TPSA) is 92.4 Å². The van der Waals surface area contributed by atoms with Crippen LogP contribution in [0.15, 0.2) is 12.5 Å². The second-order valence-electron chi connectivity index (χ2n) is 3.15. The van der Waals surface area contributed by atoms with Gasteiger partial charge in [0.05, 0.1) is 6.33 Å². The lowest BCUT2D eigenvalue weighted by molar-refractivity contribution is -0.141. The highest BCUT2D eigenvalue weighted by atomic mass is 16.4. The largest absolute Gasteiger partial charge is 0.480 e. The lowest BCUT2D eigenvalue weighted by Gasteiger charge is -2.11. The molecule has 15 heavy (non-hydrogen) atoms. The number of hydrogen-bond donors (Lipinski definition) is 2. The quantitative estimate of drug-likeness (QED) is 0.759. The van der Waals surface area contributed by atoms with Crippen LogP contribution in [0.4, 0.5) is 0 Å². The number of imidazole rings is 1. The molecule has 1 aromatic rings. The van der Waals surface area contributed by atoms with Gasteiger partial charge in [-0.3, -0.25) is 0 Å². The maximum Gasteiger partial charge on any atom is 0.356 e. The fourth-order valence-corrected chi connectivity index (χ4v) is 1.29. The van der Waals surface area contributed by atoms with Gasteiger partial charge in [0.2, 0.25) is 0 Å². The Kier molecular flexibility index (Phi) is 3.43. The summed E-state index contributed by atoms with van der Waals surface area (Å²) in [5, 5.41) is 17.5. The molecule has 0 aliphatic rings. The van der Waals surface area contributed by atoms with E-state index in [4.69, 9.17) is 10.2 Å².